The standard InChI is InChI=1S/C20H21IS3/c1-2-3-4-5-6-7-8-14-11-18-20(22-14)15-9-13-10-19(21)24-16(13)12-17(15)23-18/h9-12H,2-8H2,1H3. The lowest BCUT2D eigenvalue weighted by atomic mass is 10.1. The van der Waals surface area contributed by atoms with Crippen molar-refractivity contribution in [1.82, 2.24) is 0 Å². The second-order valence-corrected chi connectivity index (χ2v) is 11.7. The number of hydrogen-bond acceptors (Lipinski definition) is 3. The molecule has 4 heteroatoms. The van der Waals surface area contributed by atoms with Crippen LogP contribution < -0.4 is 0 Å². The largest absolute Gasteiger partial charge is 0.139 e. The summed E-state index contributed by atoms with van der Waals surface area (Å²) in [5.74, 6) is 0. The molecule has 0 unspecified atom stereocenters. The monoisotopic (exact) mass is 484 g/mol. The first-order chi connectivity index (χ1) is 11.7. The molecule has 126 valence electrons. The third kappa shape index (κ3) is 3.53. The highest BCUT2D eigenvalue weighted by Crippen LogP contribution is 2.42. The average Bonchev–Trinajstić information content (AvgIpc) is 3.19. The molecule has 0 saturated carbocycles. The molecular formula is C20H21IS3. The van der Waals surface area contributed by atoms with E-state index in [1.54, 1.807) is 4.88 Å². The van der Waals surface area contributed by atoms with Crippen molar-refractivity contribution in [3.05, 3.63) is 32.0 Å². The van der Waals surface area contributed by atoms with Crippen molar-refractivity contribution >= 4 is 86.2 Å². The van der Waals surface area contributed by atoms with Crippen LogP contribution in [0.15, 0.2) is 24.3 Å². The van der Waals surface area contributed by atoms with Crippen molar-refractivity contribution < 1.29 is 0 Å². The SMILES string of the molecule is CCCCCCCCc1cc2sc3cc4sc(I)cc4cc3c2s1. The van der Waals surface area contributed by atoms with E-state index in [-0.39, 0.29) is 0 Å². The second-order valence-electron chi connectivity index (χ2n) is 6.46. The maximum Gasteiger partial charge on any atom is 0.0666 e. The Hall–Kier alpha value is -0.170. The van der Waals surface area contributed by atoms with Crippen molar-refractivity contribution in [2.24, 2.45) is 0 Å². The summed E-state index contributed by atoms with van der Waals surface area (Å²) in [4.78, 5) is 1.58. The van der Waals surface area contributed by atoms with Crippen LogP contribution in [-0.2, 0) is 6.42 Å². The van der Waals surface area contributed by atoms with E-state index in [1.165, 1.54) is 77.4 Å². The molecule has 0 saturated heterocycles. The topological polar surface area (TPSA) is 0 Å². The smallest absolute Gasteiger partial charge is 0.0666 e. The molecule has 0 N–H and O–H groups in total. The molecule has 0 aliphatic heterocycles. The zero-order chi connectivity index (χ0) is 16.5. The van der Waals surface area contributed by atoms with Gasteiger partial charge in [0, 0.05) is 24.4 Å². The van der Waals surface area contributed by atoms with Crippen LogP contribution in [0.4, 0.5) is 0 Å². The summed E-state index contributed by atoms with van der Waals surface area (Å²) in [6, 6.07) is 9.57. The maximum absolute atomic E-state index is 2.45. The molecule has 24 heavy (non-hydrogen) atoms. The molecule has 0 aliphatic rings. The Bertz CT molecular complexity index is 973. The second kappa shape index (κ2) is 7.60. The maximum atomic E-state index is 2.45. The van der Waals surface area contributed by atoms with Gasteiger partial charge < -0.3 is 0 Å². The van der Waals surface area contributed by atoms with Crippen LogP contribution in [0.2, 0.25) is 0 Å². The van der Waals surface area contributed by atoms with Gasteiger partial charge in [0.2, 0.25) is 0 Å². The van der Waals surface area contributed by atoms with Crippen LogP contribution in [0.25, 0.3) is 29.6 Å². The highest BCUT2D eigenvalue weighted by atomic mass is 127. The number of fused-ring (bicyclic) bond motifs is 4. The summed E-state index contributed by atoms with van der Waals surface area (Å²) in [7, 11) is 0. The van der Waals surface area contributed by atoms with Crippen LogP contribution >= 0.6 is 56.6 Å². The van der Waals surface area contributed by atoms with E-state index in [1.807, 2.05) is 34.0 Å². The molecule has 3 aromatic heterocycles. The Kier molecular flexibility index (Phi) is 5.47. The summed E-state index contributed by atoms with van der Waals surface area (Å²) in [5.41, 5.74) is 0. The van der Waals surface area contributed by atoms with Crippen molar-refractivity contribution in [3.8, 4) is 0 Å². The first-order valence-electron chi connectivity index (χ1n) is 8.78. The van der Waals surface area contributed by atoms with Gasteiger partial charge in [-0.3, -0.25) is 0 Å². The molecule has 4 aromatic rings. The first-order valence-corrected chi connectivity index (χ1v) is 12.3. The summed E-state index contributed by atoms with van der Waals surface area (Å²) in [6.45, 7) is 2.29. The fourth-order valence-electron chi connectivity index (χ4n) is 3.31. The molecule has 0 amide bonds. The fourth-order valence-corrected chi connectivity index (χ4v) is 7.84. The van der Waals surface area contributed by atoms with Crippen LogP contribution in [0.3, 0.4) is 0 Å². The molecule has 0 spiro atoms. The third-order valence-electron chi connectivity index (χ3n) is 4.58. The molecule has 0 fully saturated rings. The van der Waals surface area contributed by atoms with Crippen LogP contribution in [0, 0.1) is 2.88 Å². The zero-order valence-corrected chi connectivity index (χ0v) is 18.5. The van der Waals surface area contributed by atoms with E-state index < -0.39 is 0 Å². The first kappa shape index (κ1) is 17.3. The number of halogens is 1. The van der Waals surface area contributed by atoms with Gasteiger partial charge in [-0.1, -0.05) is 39.0 Å². The Balaban J connectivity index is 1.53. The highest BCUT2D eigenvalue weighted by Gasteiger charge is 2.11. The van der Waals surface area contributed by atoms with Gasteiger partial charge in [-0.15, -0.1) is 34.0 Å². The van der Waals surface area contributed by atoms with E-state index in [2.05, 4.69) is 53.8 Å². The van der Waals surface area contributed by atoms with Gasteiger partial charge >= 0.3 is 0 Å². The van der Waals surface area contributed by atoms with Gasteiger partial charge in [-0.2, -0.15) is 0 Å². The highest BCUT2D eigenvalue weighted by molar-refractivity contribution is 14.1. The summed E-state index contributed by atoms with van der Waals surface area (Å²) >= 11 is 8.33. The van der Waals surface area contributed by atoms with Crippen LogP contribution in [0.1, 0.15) is 50.3 Å². The number of aryl methyl sites for hydroxylation is 1. The van der Waals surface area contributed by atoms with Gasteiger partial charge in [0.25, 0.3) is 0 Å². The molecule has 0 radical (unpaired) electrons. The molecule has 4 rings (SSSR count). The fraction of sp³-hybridized carbons (Fsp3) is 0.400. The van der Waals surface area contributed by atoms with Gasteiger partial charge in [-0.25, -0.2) is 0 Å². The minimum atomic E-state index is 1.26. The molecule has 1 aromatic carbocycles. The van der Waals surface area contributed by atoms with Crippen LogP contribution in [0.5, 0.6) is 0 Å². The predicted molar refractivity (Wildman–Crippen MR) is 122 cm³/mol. The van der Waals surface area contributed by atoms with Crippen molar-refractivity contribution in [3.63, 3.8) is 0 Å². The van der Waals surface area contributed by atoms with E-state index in [0.717, 1.165) is 0 Å². The quantitative estimate of drug-likeness (QED) is 0.182. The number of thiophene rings is 3. The number of unbranched alkanes of at least 4 members (excludes halogenated alkanes) is 5. The predicted octanol–water partition coefficient (Wildman–Crippen LogP) is 8.84. The Morgan fingerprint density at radius 1 is 0.792 bits per heavy atom. The zero-order valence-electron chi connectivity index (χ0n) is 13.9. The van der Waals surface area contributed by atoms with Gasteiger partial charge in [0.1, 0.15) is 0 Å². The summed E-state index contributed by atoms with van der Waals surface area (Å²) in [6.07, 6.45) is 9.56. The molecule has 0 bridgehead atoms. The normalized spacial score (nSPS) is 12.1. The lowest BCUT2D eigenvalue weighted by molar-refractivity contribution is 0.609. The minimum Gasteiger partial charge on any atom is -0.139 e. The van der Waals surface area contributed by atoms with E-state index in [0.29, 0.717) is 0 Å². The molecule has 0 nitrogen and oxygen atoms in total. The Morgan fingerprint density at radius 3 is 2.50 bits per heavy atom. The number of benzene rings is 1. The van der Waals surface area contributed by atoms with Crippen molar-refractivity contribution in [1.29, 1.82) is 0 Å². The van der Waals surface area contributed by atoms with Crippen molar-refractivity contribution in [2.75, 3.05) is 0 Å². The van der Waals surface area contributed by atoms with E-state index in [4.69, 9.17) is 0 Å². The van der Waals surface area contributed by atoms with Gasteiger partial charge in [0.15, 0.2) is 0 Å². The lowest BCUT2D eigenvalue weighted by Crippen LogP contribution is -1.82. The summed E-state index contributed by atoms with van der Waals surface area (Å²) in [5, 5.41) is 2.87. The molecule has 3 heterocycles. The molecular weight excluding hydrogens is 463 g/mol. The van der Waals surface area contributed by atoms with E-state index >= 15 is 0 Å². The van der Waals surface area contributed by atoms with Gasteiger partial charge in [0.05, 0.1) is 7.58 Å². The number of rotatable bonds is 7. The van der Waals surface area contributed by atoms with Crippen molar-refractivity contribution in [2.45, 2.75) is 51.9 Å². The third-order valence-corrected chi connectivity index (χ3v) is 8.89. The number of hydrogen-bond donors (Lipinski definition) is 0. The summed E-state index contributed by atoms with van der Waals surface area (Å²) < 4.78 is 7.26. The van der Waals surface area contributed by atoms with E-state index in [9.17, 15) is 0 Å². The average molecular weight is 484 g/mol. The minimum absolute atomic E-state index is 1.26. The Morgan fingerprint density at radius 2 is 1.62 bits per heavy atom. The lowest BCUT2D eigenvalue weighted by Gasteiger charge is -1.99. The molecule has 0 atom stereocenters. The van der Waals surface area contributed by atoms with Gasteiger partial charge in [-0.05, 0) is 65.1 Å². The van der Waals surface area contributed by atoms with Crippen LogP contribution in [-0.4, -0.2) is 0 Å². The Labute approximate surface area is 169 Å². The molecule has 0 aliphatic carbocycles.